The molecule has 1 saturated heterocycles. The van der Waals surface area contributed by atoms with E-state index in [9.17, 15) is 15.0 Å². The lowest BCUT2D eigenvalue weighted by atomic mass is 9.67. The number of nitrogens with one attached hydrogen (secondary N) is 1. The lowest BCUT2D eigenvalue weighted by molar-refractivity contribution is -0.184. The second kappa shape index (κ2) is 4.45. The summed E-state index contributed by atoms with van der Waals surface area (Å²) in [7, 11) is 0. The molecular formula is C15H16N4O4. The largest absolute Gasteiger partial charge is 0.508 e. The number of nitrogens with zero attached hydrogens (tertiary/aromatic N) is 3. The van der Waals surface area contributed by atoms with Gasteiger partial charge in [-0.05, 0) is 13.0 Å². The van der Waals surface area contributed by atoms with Crippen LogP contribution in [0.4, 0.5) is 5.95 Å². The van der Waals surface area contributed by atoms with E-state index in [-0.39, 0.29) is 12.4 Å². The van der Waals surface area contributed by atoms with Crippen molar-refractivity contribution in [1.82, 2.24) is 14.8 Å². The molecule has 23 heavy (non-hydrogen) atoms. The number of esters is 1. The van der Waals surface area contributed by atoms with Crippen molar-refractivity contribution < 1.29 is 19.7 Å². The normalized spacial score (nSPS) is 32.4. The van der Waals surface area contributed by atoms with Gasteiger partial charge in [0.2, 0.25) is 5.95 Å². The molecule has 3 N–H and O–H groups in total. The maximum absolute atomic E-state index is 12.6. The fourth-order valence-corrected chi connectivity index (χ4v) is 3.68. The molecule has 0 bridgehead atoms. The maximum Gasteiger partial charge on any atom is 0.319 e. The first-order chi connectivity index (χ1) is 11.0. The van der Waals surface area contributed by atoms with Crippen molar-refractivity contribution in [3.8, 4) is 5.75 Å². The van der Waals surface area contributed by atoms with E-state index in [1.165, 1.54) is 17.9 Å². The zero-order valence-electron chi connectivity index (χ0n) is 12.4. The summed E-state index contributed by atoms with van der Waals surface area (Å²) in [5, 5.41) is 28.6. The molecule has 8 heteroatoms. The first kappa shape index (κ1) is 14.0. The molecule has 0 saturated carbocycles. The van der Waals surface area contributed by atoms with Gasteiger partial charge in [-0.3, -0.25) is 4.79 Å². The van der Waals surface area contributed by atoms with Crippen LogP contribution in [0.15, 0.2) is 30.6 Å². The molecule has 1 aromatic heterocycles. The number of para-hydroxylation sites is 1. The highest BCUT2D eigenvalue weighted by Gasteiger charge is 2.66. The minimum absolute atomic E-state index is 0.0350. The summed E-state index contributed by atoms with van der Waals surface area (Å²) in [6.45, 7) is 1.72. The van der Waals surface area contributed by atoms with E-state index >= 15 is 0 Å². The van der Waals surface area contributed by atoms with Gasteiger partial charge < -0.3 is 20.3 Å². The van der Waals surface area contributed by atoms with Crippen LogP contribution in [0.25, 0.3) is 0 Å². The molecule has 3 heterocycles. The Balaban J connectivity index is 1.98. The van der Waals surface area contributed by atoms with E-state index in [0.29, 0.717) is 17.9 Å². The number of carbonyl (C=O) groups excluding carboxylic acids is 1. The van der Waals surface area contributed by atoms with Crippen molar-refractivity contribution in [3.63, 3.8) is 0 Å². The van der Waals surface area contributed by atoms with Gasteiger partial charge in [0, 0.05) is 12.0 Å². The van der Waals surface area contributed by atoms with Gasteiger partial charge in [0.15, 0.2) is 5.72 Å². The number of fused-ring (bicyclic) bond motifs is 1. The van der Waals surface area contributed by atoms with Crippen molar-refractivity contribution >= 4 is 11.9 Å². The summed E-state index contributed by atoms with van der Waals surface area (Å²) in [6, 6.07) is 6.02. The third kappa shape index (κ3) is 1.61. The number of aromatic nitrogens is 3. The Bertz CT molecular complexity index is 787. The molecule has 8 nitrogen and oxygen atoms in total. The molecule has 1 unspecified atom stereocenters. The first-order valence-corrected chi connectivity index (χ1v) is 7.33. The highest BCUT2D eigenvalue weighted by molar-refractivity contribution is 5.82. The van der Waals surface area contributed by atoms with E-state index < -0.39 is 23.2 Å². The number of rotatable bonds is 1. The minimum Gasteiger partial charge on any atom is -0.508 e. The third-order valence-corrected chi connectivity index (χ3v) is 4.91. The Morgan fingerprint density at radius 3 is 2.91 bits per heavy atom. The molecule has 2 aliphatic rings. The Morgan fingerprint density at radius 2 is 2.22 bits per heavy atom. The second-order valence-corrected chi connectivity index (χ2v) is 6.01. The number of carbonyl (C=O) groups is 1. The van der Waals surface area contributed by atoms with Crippen molar-refractivity contribution in [2.45, 2.75) is 25.1 Å². The smallest absolute Gasteiger partial charge is 0.319 e. The Labute approximate surface area is 131 Å². The Morgan fingerprint density at radius 1 is 1.43 bits per heavy atom. The fourth-order valence-electron chi connectivity index (χ4n) is 3.68. The Kier molecular flexibility index (Phi) is 2.71. The van der Waals surface area contributed by atoms with Crippen LogP contribution in [0.3, 0.4) is 0 Å². The number of hydrogen-bond acceptors (Lipinski definition) is 7. The molecule has 0 amide bonds. The van der Waals surface area contributed by atoms with Crippen LogP contribution in [0.2, 0.25) is 0 Å². The molecular weight excluding hydrogens is 300 g/mol. The molecule has 3 atom stereocenters. The average Bonchev–Trinajstić information content (AvgIpc) is 3.13. The van der Waals surface area contributed by atoms with Crippen molar-refractivity contribution in [3.05, 3.63) is 36.2 Å². The predicted octanol–water partition coefficient (Wildman–Crippen LogP) is 0.749. The number of anilines is 1. The molecule has 1 spiro atoms. The predicted molar refractivity (Wildman–Crippen MR) is 78.4 cm³/mol. The highest BCUT2D eigenvalue weighted by Crippen LogP contribution is 2.57. The summed E-state index contributed by atoms with van der Waals surface area (Å²) in [6.07, 6.45) is 1.60. The summed E-state index contributed by atoms with van der Waals surface area (Å²) in [5.41, 5.74) is -2.46. The molecule has 1 fully saturated rings. The quantitative estimate of drug-likeness (QED) is 0.666. The monoisotopic (exact) mass is 316 g/mol. The highest BCUT2D eigenvalue weighted by atomic mass is 16.5. The van der Waals surface area contributed by atoms with Gasteiger partial charge in [-0.1, -0.05) is 18.2 Å². The SMILES string of the molecule is C[C@@]1(O)n2ncnc2N[C@@H](c2ccccc2O)C12CCOC2=O. The van der Waals surface area contributed by atoms with E-state index in [4.69, 9.17) is 4.74 Å². The van der Waals surface area contributed by atoms with Gasteiger partial charge in [0.1, 0.15) is 17.5 Å². The average molecular weight is 316 g/mol. The van der Waals surface area contributed by atoms with Gasteiger partial charge in [-0.15, -0.1) is 0 Å². The number of aliphatic hydroxyl groups is 1. The van der Waals surface area contributed by atoms with Crippen molar-refractivity contribution in [2.75, 3.05) is 11.9 Å². The topological polar surface area (TPSA) is 110 Å². The zero-order valence-corrected chi connectivity index (χ0v) is 12.4. The number of hydrogen-bond donors (Lipinski definition) is 3. The summed E-state index contributed by atoms with van der Waals surface area (Å²) >= 11 is 0. The number of ether oxygens (including phenoxy) is 1. The van der Waals surface area contributed by atoms with Crippen molar-refractivity contribution in [2.24, 2.45) is 5.41 Å². The van der Waals surface area contributed by atoms with Gasteiger partial charge in [0.25, 0.3) is 0 Å². The van der Waals surface area contributed by atoms with Crippen LogP contribution in [0.1, 0.15) is 24.9 Å². The number of cyclic esters (lactones) is 1. The lowest BCUT2D eigenvalue weighted by Crippen LogP contribution is -2.59. The molecule has 2 aromatic rings. The van der Waals surface area contributed by atoms with Gasteiger partial charge in [-0.2, -0.15) is 14.8 Å². The fraction of sp³-hybridized carbons (Fsp3) is 0.400. The minimum atomic E-state index is -1.65. The van der Waals surface area contributed by atoms with E-state index in [2.05, 4.69) is 15.4 Å². The van der Waals surface area contributed by atoms with Gasteiger partial charge in [-0.25, -0.2) is 0 Å². The van der Waals surface area contributed by atoms with Crippen LogP contribution in [-0.2, 0) is 15.3 Å². The summed E-state index contributed by atoms with van der Waals surface area (Å²) in [4.78, 5) is 16.7. The third-order valence-electron chi connectivity index (χ3n) is 4.91. The van der Waals surface area contributed by atoms with Crippen LogP contribution in [0, 0.1) is 5.41 Å². The number of aromatic hydroxyl groups is 1. The maximum atomic E-state index is 12.6. The zero-order chi connectivity index (χ0) is 16.2. The molecule has 4 rings (SSSR count). The Hall–Kier alpha value is -2.61. The number of phenolic OH excluding ortho intramolecular Hbond substituents is 1. The number of phenols is 1. The van der Waals surface area contributed by atoms with Crippen LogP contribution in [-0.4, -0.2) is 37.6 Å². The molecule has 0 aliphatic carbocycles. The lowest BCUT2D eigenvalue weighted by Gasteiger charge is -2.48. The van der Waals surface area contributed by atoms with Gasteiger partial charge >= 0.3 is 5.97 Å². The second-order valence-electron chi connectivity index (χ2n) is 6.01. The molecule has 2 aliphatic heterocycles. The van der Waals surface area contributed by atoms with E-state index in [1.54, 1.807) is 24.3 Å². The van der Waals surface area contributed by atoms with E-state index in [1.807, 2.05) is 0 Å². The van der Waals surface area contributed by atoms with Crippen LogP contribution in [0.5, 0.6) is 5.75 Å². The standard InChI is InChI=1S/C15H16N4O4/c1-14(22)15(6-7-23-12(15)21)11(9-4-2-3-5-10(9)20)18-13-16-8-17-19(13)14/h2-5,8,11,20,22H,6-7H2,1H3,(H,16,17,18)/t11-,14-,15?/m0/s1. The van der Waals surface area contributed by atoms with E-state index in [0.717, 1.165) is 0 Å². The first-order valence-electron chi connectivity index (χ1n) is 7.33. The summed E-state index contributed by atoms with van der Waals surface area (Å²) in [5.74, 6) is -0.161. The van der Waals surface area contributed by atoms with Gasteiger partial charge in [0.05, 0.1) is 12.6 Å². The number of benzene rings is 1. The molecule has 0 radical (unpaired) electrons. The molecule has 120 valence electrons. The summed E-state index contributed by atoms with van der Waals surface area (Å²) < 4.78 is 6.47. The van der Waals surface area contributed by atoms with Crippen molar-refractivity contribution in [1.29, 1.82) is 0 Å². The van der Waals surface area contributed by atoms with Crippen LogP contribution >= 0.6 is 0 Å². The van der Waals surface area contributed by atoms with Crippen LogP contribution < -0.4 is 5.32 Å². The molecule has 1 aromatic carbocycles.